The molecule has 0 heterocycles. The Hall–Kier alpha value is -1.96. The minimum absolute atomic E-state index is 0.227. The number of allylic oxidation sites excluding steroid dienone is 1. The SMILES string of the molecule is C=CCCC(C(=C)NC)N(C=C)Cc1c(C)cccc1CC. The van der Waals surface area contributed by atoms with Crippen LogP contribution >= 0.6 is 0 Å². The summed E-state index contributed by atoms with van der Waals surface area (Å²) in [4.78, 5) is 2.28. The average Bonchev–Trinajstić information content (AvgIpc) is 2.54. The molecule has 22 heavy (non-hydrogen) atoms. The number of likely N-dealkylation sites (N-methyl/N-ethyl adjacent to an activating group) is 1. The predicted molar refractivity (Wildman–Crippen MR) is 97.7 cm³/mol. The first-order valence-corrected chi connectivity index (χ1v) is 8.02. The number of aryl methyl sites for hydroxylation is 2. The van der Waals surface area contributed by atoms with Crippen molar-refractivity contribution in [1.29, 1.82) is 0 Å². The lowest BCUT2D eigenvalue weighted by molar-refractivity contribution is 0.280. The van der Waals surface area contributed by atoms with E-state index >= 15 is 0 Å². The molecule has 0 aliphatic heterocycles. The third-order valence-electron chi connectivity index (χ3n) is 4.23. The Labute approximate surface area is 136 Å². The minimum Gasteiger partial charge on any atom is -0.390 e. The molecule has 1 unspecified atom stereocenters. The molecule has 0 aromatic heterocycles. The maximum Gasteiger partial charge on any atom is 0.0683 e. The predicted octanol–water partition coefficient (Wildman–Crippen LogP) is 4.57. The molecule has 0 aliphatic rings. The Morgan fingerprint density at radius 2 is 2.09 bits per heavy atom. The smallest absolute Gasteiger partial charge is 0.0683 e. The highest BCUT2D eigenvalue weighted by Gasteiger charge is 2.19. The highest BCUT2D eigenvalue weighted by molar-refractivity contribution is 5.34. The lowest BCUT2D eigenvalue weighted by Crippen LogP contribution is -2.36. The van der Waals surface area contributed by atoms with E-state index in [0.717, 1.165) is 31.5 Å². The van der Waals surface area contributed by atoms with Gasteiger partial charge >= 0.3 is 0 Å². The molecule has 1 aromatic carbocycles. The van der Waals surface area contributed by atoms with E-state index in [1.165, 1.54) is 16.7 Å². The normalized spacial score (nSPS) is 11.6. The number of hydrogen-bond donors (Lipinski definition) is 1. The molecule has 2 heteroatoms. The second kappa shape index (κ2) is 9.14. The van der Waals surface area contributed by atoms with Gasteiger partial charge in [0.25, 0.3) is 0 Å². The van der Waals surface area contributed by atoms with E-state index in [-0.39, 0.29) is 6.04 Å². The summed E-state index contributed by atoms with van der Waals surface area (Å²) in [6, 6.07) is 6.76. The van der Waals surface area contributed by atoms with E-state index in [4.69, 9.17) is 0 Å². The topological polar surface area (TPSA) is 15.3 Å². The van der Waals surface area contributed by atoms with Gasteiger partial charge in [-0.3, -0.25) is 0 Å². The van der Waals surface area contributed by atoms with Crippen LogP contribution in [0.5, 0.6) is 0 Å². The molecule has 0 saturated heterocycles. The molecule has 0 bridgehead atoms. The van der Waals surface area contributed by atoms with Gasteiger partial charge in [0.05, 0.1) is 6.04 Å². The van der Waals surface area contributed by atoms with Gasteiger partial charge in [-0.15, -0.1) is 6.58 Å². The molecule has 120 valence electrons. The van der Waals surface area contributed by atoms with Crippen molar-refractivity contribution in [1.82, 2.24) is 10.2 Å². The van der Waals surface area contributed by atoms with Crippen molar-refractivity contribution >= 4 is 0 Å². The summed E-state index contributed by atoms with van der Waals surface area (Å²) in [7, 11) is 1.93. The van der Waals surface area contributed by atoms with Gasteiger partial charge in [0.15, 0.2) is 0 Å². The van der Waals surface area contributed by atoms with Crippen LogP contribution in [0.2, 0.25) is 0 Å². The minimum atomic E-state index is 0.227. The van der Waals surface area contributed by atoms with Gasteiger partial charge in [0.1, 0.15) is 0 Å². The first-order valence-electron chi connectivity index (χ1n) is 8.02. The quantitative estimate of drug-likeness (QED) is 0.636. The highest BCUT2D eigenvalue weighted by atomic mass is 15.2. The van der Waals surface area contributed by atoms with E-state index < -0.39 is 0 Å². The van der Waals surface area contributed by atoms with Gasteiger partial charge in [-0.05, 0) is 49.1 Å². The number of benzene rings is 1. The number of nitrogens with zero attached hydrogens (tertiary/aromatic N) is 1. The molecule has 0 radical (unpaired) electrons. The van der Waals surface area contributed by atoms with Crippen LogP contribution in [0, 0.1) is 6.92 Å². The number of hydrogen-bond acceptors (Lipinski definition) is 2. The first kappa shape index (κ1) is 18.1. The molecular weight excluding hydrogens is 268 g/mol. The molecule has 1 aromatic rings. The standard InChI is InChI=1S/C20H30N2/c1-7-10-14-20(17(5)21-6)22(9-3)15-19-16(4)12-11-13-18(19)8-2/h7,9,11-13,20-21H,1,3,5,8,10,14-15H2,2,4,6H3. The summed E-state index contributed by atoms with van der Waals surface area (Å²) in [6.45, 7) is 17.3. The van der Waals surface area contributed by atoms with Gasteiger partial charge in [-0.2, -0.15) is 0 Å². The summed E-state index contributed by atoms with van der Waals surface area (Å²) in [5.74, 6) is 0. The third kappa shape index (κ3) is 4.52. The average molecular weight is 298 g/mol. The molecular formula is C20H30N2. The van der Waals surface area contributed by atoms with Gasteiger partial charge < -0.3 is 10.2 Å². The zero-order valence-electron chi connectivity index (χ0n) is 14.4. The van der Waals surface area contributed by atoms with Crippen LogP contribution in [0.15, 0.2) is 55.9 Å². The van der Waals surface area contributed by atoms with Crippen molar-refractivity contribution < 1.29 is 0 Å². The summed E-state index contributed by atoms with van der Waals surface area (Å²) in [6.07, 6.45) is 6.89. The van der Waals surface area contributed by atoms with Gasteiger partial charge in [0, 0.05) is 19.3 Å². The first-order chi connectivity index (χ1) is 10.6. The molecule has 0 fully saturated rings. The summed E-state index contributed by atoms with van der Waals surface area (Å²) in [5.41, 5.74) is 5.17. The summed E-state index contributed by atoms with van der Waals surface area (Å²) < 4.78 is 0. The Balaban J connectivity index is 3.05. The zero-order chi connectivity index (χ0) is 16.5. The second-order valence-electron chi connectivity index (χ2n) is 5.58. The van der Waals surface area contributed by atoms with Gasteiger partial charge in [-0.1, -0.05) is 44.4 Å². The number of rotatable bonds is 10. The Morgan fingerprint density at radius 3 is 2.64 bits per heavy atom. The monoisotopic (exact) mass is 298 g/mol. The molecule has 1 atom stereocenters. The van der Waals surface area contributed by atoms with E-state index in [1.54, 1.807) is 0 Å². The number of nitrogens with one attached hydrogen (secondary N) is 1. The largest absolute Gasteiger partial charge is 0.390 e. The van der Waals surface area contributed by atoms with Crippen LogP contribution in [0.25, 0.3) is 0 Å². The second-order valence-corrected chi connectivity index (χ2v) is 5.58. The van der Waals surface area contributed by atoms with Gasteiger partial charge in [0.2, 0.25) is 0 Å². The molecule has 1 N–H and O–H groups in total. The van der Waals surface area contributed by atoms with Crippen LogP contribution in [-0.2, 0) is 13.0 Å². The van der Waals surface area contributed by atoms with E-state index in [9.17, 15) is 0 Å². The molecule has 0 amide bonds. The van der Waals surface area contributed by atoms with Crippen LogP contribution in [0.1, 0.15) is 36.5 Å². The maximum absolute atomic E-state index is 4.17. The third-order valence-corrected chi connectivity index (χ3v) is 4.23. The molecule has 0 spiro atoms. The van der Waals surface area contributed by atoms with Crippen molar-refractivity contribution in [2.24, 2.45) is 0 Å². The van der Waals surface area contributed by atoms with Crippen LogP contribution in [-0.4, -0.2) is 18.0 Å². The molecule has 0 saturated carbocycles. The molecule has 0 aliphatic carbocycles. The fourth-order valence-electron chi connectivity index (χ4n) is 2.79. The van der Waals surface area contributed by atoms with Crippen molar-refractivity contribution in [3.05, 3.63) is 72.6 Å². The van der Waals surface area contributed by atoms with Crippen LogP contribution in [0.3, 0.4) is 0 Å². The highest BCUT2D eigenvalue weighted by Crippen LogP contribution is 2.22. The Kier molecular flexibility index (Phi) is 7.51. The van der Waals surface area contributed by atoms with Crippen molar-refractivity contribution in [2.75, 3.05) is 7.05 Å². The summed E-state index contributed by atoms with van der Waals surface area (Å²) >= 11 is 0. The van der Waals surface area contributed by atoms with E-state index in [1.807, 2.05) is 19.3 Å². The van der Waals surface area contributed by atoms with Crippen molar-refractivity contribution in [3.63, 3.8) is 0 Å². The maximum atomic E-state index is 4.17. The lowest BCUT2D eigenvalue weighted by Gasteiger charge is -2.33. The molecule has 2 nitrogen and oxygen atoms in total. The van der Waals surface area contributed by atoms with E-state index in [0.29, 0.717) is 0 Å². The van der Waals surface area contributed by atoms with Crippen LogP contribution in [0.4, 0.5) is 0 Å². The van der Waals surface area contributed by atoms with Crippen molar-refractivity contribution in [3.8, 4) is 0 Å². The summed E-state index contributed by atoms with van der Waals surface area (Å²) in [5, 5.41) is 3.20. The Morgan fingerprint density at radius 1 is 1.36 bits per heavy atom. The fraction of sp³-hybridized carbons (Fsp3) is 0.400. The lowest BCUT2D eigenvalue weighted by atomic mass is 9.98. The van der Waals surface area contributed by atoms with E-state index in [2.05, 4.69) is 62.0 Å². The fourth-order valence-corrected chi connectivity index (χ4v) is 2.79. The van der Waals surface area contributed by atoms with Crippen molar-refractivity contribution in [2.45, 2.75) is 45.7 Å². The zero-order valence-corrected chi connectivity index (χ0v) is 14.4. The molecule has 1 rings (SSSR count). The Bertz CT molecular complexity index is 516. The van der Waals surface area contributed by atoms with Gasteiger partial charge in [-0.25, -0.2) is 0 Å². The van der Waals surface area contributed by atoms with Crippen LogP contribution < -0.4 is 5.32 Å².